The molecule has 1 heterocycles. The Morgan fingerprint density at radius 3 is 2.94 bits per heavy atom. The maximum Gasteiger partial charge on any atom is 0.261 e. The summed E-state index contributed by atoms with van der Waals surface area (Å²) in [6.45, 7) is 2.70. The molecule has 0 aliphatic rings. The summed E-state index contributed by atoms with van der Waals surface area (Å²) in [6.07, 6.45) is 0.692. The summed E-state index contributed by atoms with van der Waals surface area (Å²) in [4.78, 5) is 12.4. The zero-order valence-electron chi connectivity index (χ0n) is 9.83. The molecule has 17 heavy (non-hydrogen) atoms. The molecule has 0 aliphatic heterocycles. The average molecular weight is 322 g/mol. The minimum atomic E-state index is -0.108. The Morgan fingerprint density at radius 2 is 2.41 bits per heavy atom. The summed E-state index contributed by atoms with van der Waals surface area (Å²) in [5.74, 6) is 0.835. The average Bonchev–Trinajstić information content (AvgIpc) is 2.68. The van der Waals surface area contributed by atoms with Crippen LogP contribution in [0.15, 0.2) is 9.85 Å². The molecule has 0 aromatic carbocycles. The smallest absolute Gasteiger partial charge is 0.261 e. The van der Waals surface area contributed by atoms with Crippen LogP contribution < -0.4 is 10.1 Å². The van der Waals surface area contributed by atoms with Gasteiger partial charge in [-0.15, -0.1) is 11.3 Å². The maximum absolute atomic E-state index is 11.8. The van der Waals surface area contributed by atoms with E-state index in [2.05, 4.69) is 21.2 Å². The van der Waals surface area contributed by atoms with Crippen molar-refractivity contribution in [3.63, 3.8) is 0 Å². The van der Waals surface area contributed by atoms with Crippen LogP contribution in [0.2, 0.25) is 0 Å². The van der Waals surface area contributed by atoms with Crippen molar-refractivity contribution in [3.8, 4) is 5.75 Å². The molecule has 0 aliphatic carbocycles. The summed E-state index contributed by atoms with van der Waals surface area (Å²) >= 11 is 4.67. The highest BCUT2D eigenvalue weighted by Crippen LogP contribution is 2.34. The third kappa shape index (κ3) is 4.29. The van der Waals surface area contributed by atoms with Crippen molar-refractivity contribution < 1.29 is 14.6 Å². The third-order valence-corrected chi connectivity index (χ3v) is 4.11. The van der Waals surface area contributed by atoms with Gasteiger partial charge in [0.15, 0.2) is 0 Å². The summed E-state index contributed by atoms with van der Waals surface area (Å²) in [6, 6.07) is 1.71. The molecule has 0 fully saturated rings. The number of halogens is 1. The number of hydrogen-bond donors (Lipinski definition) is 2. The van der Waals surface area contributed by atoms with Crippen LogP contribution in [0.4, 0.5) is 0 Å². The van der Waals surface area contributed by atoms with Gasteiger partial charge in [0, 0.05) is 19.2 Å². The molecular weight excluding hydrogens is 306 g/mol. The fourth-order valence-corrected chi connectivity index (χ4v) is 2.85. The van der Waals surface area contributed by atoms with Crippen LogP contribution in [0.3, 0.4) is 0 Å². The Kier molecular flexibility index (Phi) is 5.94. The van der Waals surface area contributed by atoms with E-state index in [1.54, 1.807) is 13.2 Å². The lowest BCUT2D eigenvalue weighted by Crippen LogP contribution is -2.27. The van der Waals surface area contributed by atoms with E-state index in [0.717, 1.165) is 3.79 Å². The van der Waals surface area contributed by atoms with E-state index in [-0.39, 0.29) is 18.4 Å². The number of aliphatic hydroxyl groups excluding tert-OH is 1. The number of rotatable bonds is 6. The fraction of sp³-hybridized carbons (Fsp3) is 0.545. The van der Waals surface area contributed by atoms with Crippen molar-refractivity contribution in [3.05, 3.63) is 14.7 Å². The van der Waals surface area contributed by atoms with Gasteiger partial charge < -0.3 is 15.2 Å². The molecule has 1 atom stereocenters. The molecule has 2 N–H and O–H groups in total. The zero-order valence-corrected chi connectivity index (χ0v) is 12.2. The van der Waals surface area contributed by atoms with Gasteiger partial charge in [-0.1, -0.05) is 6.92 Å². The minimum Gasteiger partial charge on any atom is -0.495 e. The van der Waals surface area contributed by atoms with Crippen molar-refractivity contribution in [2.45, 2.75) is 13.3 Å². The standard InChI is InChI=1S/C11H16BrNO3S/c1-7(3-4-14)6-13-11(15)9-5-8(16-2)10(12)17-9/h5,7,14H,3-4,6H2,1-2H3,(H,13,15). The van der Waals surface area contributed by atoms with Crippen LogP contribution in [0.25, 0.3) is 0 Å². The number of methoxy groups -OCH3 is 1. The van der Waals surface area contributed by atoms with Gasteiger partial charge in [0.05, 0.1) is 12.0 Å². The van der Waals surface area contributed by atoms with Crippen LogP contribution in [-0.4, -0.2) is 31.3 Å². The van der Waals surface area contributed by atoms with Gasteiger partial charge in [-0.2, -0.15) is 0 Å². The first-order valence-corrected chi connectivity index (χ1v) is 6.91. The second-order valence-corrected chi connectivity index (χ2v) is 6.15. The van der Waals surface area contributed by atoms with Crippen molar-refractivity contribution in [1.29, 1.82) is 0 Å². The molecular formula is C11H16BrNO3S. The number of carbonyl (C=O) groups is 1. The van der Waals surface area contributed by atoms with Gasteiger partial charge in [0.25, 0.3) is 5.91 Å². The highest BCUT2D eigenvalue weighted by Gasteiger charge is 2.14. The molecule has 1 amide bonds. The predicted octanol–water partition coefficient (Wildman–Crippen LogP) is 2.27. The molecule has 1 aromatic heterocycles. The Hall–Kier alpha value is -0.590. The van der Waals surface area contributed by atoms with E-state index in [9.17, 15) is 4.79 Å². The van der Waals surface area contributed by atoms with Crippen LogP contribution in [0.1, 0.15) is 23.0 Å². The molecule has 1 rings (SSSR count). The Labute approximate surface area is 113 Å². The van der Waals surface area contributed by atoms with E-state index in [0.29, 0.717) is 23.6 Å². The lowest BCUT2D eigenvalue weighted by Gasteiger charge is -2.09. The molecule has 0 radical (unpaired) electrons. The van der Waals surface area contributed by atoms with Gasteiger partial charge in [0.2, 0.25) is 0 Å². The van der Waals surface area contributed by atoms with Gasteiger partial charge in [-0.25, -0.2) is 0 Å². The monoisotopic (exact) mass is 321 g/mol. The quantitative estimate of drug-likeness (QED) is 0.845. The molecule has 1 unspecified atom stereocenters. The second kappa shape index (κ2) is 6.98. The molecule has 0 bridgehead atoms. The van der Waals surface area contributed by atoms with Crippen LogP contribution in [-0.2, 0) is 0 Å². The molecule has 6 heteroatoms. The van der Waals surface area contributed by atoms with Crippen LogP contribution in [0, 0.1) is 5.92 Å². The summed E-state index contributed by atoms with van der Waals surface area (Å²) in [5.41, 5.74) is 0. The number of aliphatic hydroxyl groups is 1. The van der Waals surface area contributed by atoms with Crippen molar-refractivity contribution in [2.75, 3.05) is 20.3 Å². The normalized spacial score (nSPS) is 12.2. The van der Waals surface area contributed by atoms with E-state index in [4.69, 9.17) is 9.84 Å². The fourth-order valence-electron chi connectivity index (χ4n) is 1.28. The molecule has 1 aromatic rings. The van der Waals surface area contributed by atoms with Crippen LogP contribution >= 0.6 is 27.3 Å². The number of carbonyl (C=O) groups excluding carboxylic acids is 1. The minimum absolute atomic E-state index is 0.108. The lowest BCUT2D eigenvalue weighted by molar-refractivity contribution is 0.0949. The third-order valence-electron chi connectivity index (χ3n) is 2.33. The highest BCUT2D eigenvalue weighted by atomic mass is 79.9. The Balaban J connectivity index is 2.52. The first-order valence-electron chi connectivity index (χ1n) is 5.30. The molecule has 96 valence electrons. The van der Waals surface area contributed by atoms with Crippen molar-refractivity contribution in [2.24, 2.45) is 5.92 Å². The largest absolute Gasteiger partial charge is 0.495 e. The number of ether oxygens (including phenoxy) is 1. The second-order valence-electron chi connectivity index (χ2n) is 3.78. The molecule has 0 spiro atoms. The van der Waals surface area contributed by atoms with Gasteiger partial charge in [-0.3, -0.25) is 4.79 Å². The summed E-state index contributed by atoms with van der Waals surface area (Å²) < 4.78 is 5.90. The van der Waals surface area contributed by atoms with E-state index >= 15 is 0 Å². The molecule has 0 saturated carbocycles. The summed E-state index contributed by atoms with van der Waals surface area (Å²) in [5, 5.41) is 11.6. The predicted molar refractivity (Wildman–Crippen MR) is 71.8 cm³/mol. The van der Waals surface area contributed by atoms with Crippen molar-refractivity contribution >= 4 is 33.2 Å². The van der Waals surface area contributed by atoms with Crippen LogP contribution in [0.5, 0.6) is 5.75 Å². The van der Waals surface area contributed by atoms with Crippen molar-refractivity contribution in [1.82, 2.24) is 5.32 Å². The zero-order chi connectivity index (χ0) is 12.8. The highest BCUT2D eigenvalue weighted by molar-refractivity contribution is 9.11. The number of amides is 1. The number of hydrogen-bond acceptors (Lipinski definition) is 4. The Morgan fingerprint density at radius 1 is 1.71 bits per heavy atom. The molecule has 0 saturated heterocycles. The molecule has 4 nitrogen and oxygen atoms in total. The van der Waals surface area contributed by atoms with Gasteiger partial charge in [-0.05, 0) is 28.3 Å². The van der Waals surface area contributed by atoms with E-state index in [1.165, 1.54) is 11.3 Å². The number of thiophene rings is 1. The topological polar surface area (TPSA) is 58.6 Å². The van der Waals surface area contributed by atoms with Gasteiger partial charge >= 0.3 is 0 Å². The first kappa shape index (κ1) is 14.5. The first-order chi connectivity index (χ1) is 8.08. The SMILES string of the molecule is COc1cc(C(=O)NCC(C)CCO)sc1Br. The van der Waals surface area contributed by atoms with Gasteiger partial charge in [0.1, 0.15) is 9.54 Å². The lowest BCUT2D eigenvalue weighted by atomic mass is 10.1. The van der Waals surface area contributed by atoms with E-state index in [1.807, 2.05) is 6.92 Å². The number of nitrogens with one attached hydrogen (secondary N) is 1. The summed E-state index contributed by atoms with van der Waals surface area (Å²) in [7, 11) is 1.57. The Bertz CT molecular complexity index is 381. The van der Waals surface area contributed by atoms with E-state index < -0.39 is 0 Å². The maximum atomic E-state index is 11.8.